The molecule has 0 spiro atoms. The molecule has 1 atom stereocenters. The van der Waals surface area contributed by atoms with Gasteiger partial charge in [0.15, 0.2) is 0 Å². The lowest BCUT2D eigenvalue weighted by molar-refractivity contribution is -0.138. The van der Waals surface area contributed by atoms with Gasteiger partial charge in [-0.25, -0.2) is 5.14 Å². The Morgan fingerprint density at radius 3 is 2.41 bits per heavy atom. The van der Waals surface area contributed by atoms with Crippen molar-refractivity contribution >= 4 is 45.3 Å². The topological polar surface area (TPSA) is 127 Å². The van der Waals surface area contributed by atoms with E-state index in [4.69, 9.17) is 33.4 Å². The van der Waals surface area contributed by atoms with Crippen molar-refractivity contribution in [3.63, 3.8) is 0 Å². The molecular formula is C26H39Cl2N5O5S. The van der Waals surface area contributed by atoms with Gasteiger partial charge in [0, 0.05) is 76.7 Å². The Kier molecular flexibility index (Phi) is 10.2. The van der Waals surface area contributed by atoms with Crippen LogP contribution in [0, 0.1) is 0 Å². The second kappa shape index (κ2) is 13.0. The Hall–Kier alpha value is -1.47. The van der Waals surface area contributed by atoms with Gasteiger partial charge in [0.2, 0.25) is 5.91 Å². The number of amides is 1. The highest BCUT2D eigenvalue weighted by Gasteiger charge is 2.42. The van der Waals surface area contributed by atoms with Gasteiger partial charge in [-0.1, -0.05) is 35.7 Å². The van der Waals surface area contributed by atoms with Crippen molar-refractivity contribution in [1.82, 2.24) is 19.0 Å². The number of likely N-dealkylation sites (tertiary alicyclic amines) is 2. The molecule has 3 aliphatic heterocycles. The fourth-order valence-corrected chi connectivity index (χ4v) is 7.03. The first-order chi connectivity index (χ1) is 18.5. The monoisotopic (exact) mass is 603 g/mol. The lowest BCUT2D eigenvalue weighted by Crippen LogP contribution is -2.64. The molecule has 1 aromatic rings. The molecule has 13 heteroatoms. The number of hydrogen-bond donors (Lipinski definition) is 2. The predicted molar refractivity (Wildman–Crippen MR) is 151 cm³/mol. The van der Waals surface area contributed by atoms with Crippen molar-refractivity contribution in [2.24, 2.45) is 5.14 Å². The van der Waals surface area contributed by atoms with Gasteiger partial charge in [0.25, 0.3) is 10.2 Å². The number of halogens is 2. The van der Waals surface area contributed by atoms with E-state index in [1.165, 1.54) is 4.31 Å². The van der Waals surface area contributed by atoms with Crippen molar-refractivity contribution in [2.75, 3.05) is 58.9 Å². The Morgan fingerprint density at radius 2 is 1.77 bits per heavy atom. The van der Waals surface area contributed by atoms with E-state index in [2.05, 4.69) is 9.80 Å². The summed E-state index contributed by atoms with van der Waals surface area (Å²) in [6.07, 6.45) is 4.40. The van der Waals surface area contributed by atoms with Crippen LogP contribution in [0.2, 0.25) is 10.0 Å². The van der Waals surface area contributed by atoms with E-state index < -0.39 is 16.2 Å². The summed E-state index contributed by atoms with van der Waals surface area (Å²) in [4.78, 5) is 30.3. The van der Waals surface area contributed by atoms with Gasteiger partial charge in [-0.15, -0.1) is 0 Å². The first-order valence-corrected chi connectivity index (χ1v) is 15.9. The molecule has 0 aliphatic carbocycles. The van der Waals surface area contributed by atoms with Crippen LogP contribution in [0.25, 0.3) is 0 Å². The maximum Gasteiger partial charge on any atom is 0.303 e. The van der Waals surface area contributed by atoms with Crippen molar-refractivity contribution in [3.8, 4) is 0 Å². The minimum Gasteiger partial charge on any atom is -0.481 e. The second-order valence-electron chi connectivity index (χ2n) is 11.1. The smallest absolute Gasteiger partial charge is 0.303 e. The number of carboxylic acid groups (broad SMARTS) is 1. The SMILES string of the molecule is NS(=O)(=O)N1CCN(C2CN(CC[C@]3(c4ccc(Cl)c(Cl)c4)CCC(=O)N(CCCCCC(=O)O)C3)C2)CC1. The molecule has 39 heavy (non-hydrogen) atoms. The van der Waals surface area contributed by atoms with Crippen LogP contribution in [0.4, 0.5) is 0 Å². The van der Waals surface area contributed by atoms with Crippen LogP contribution in [0.1, 0.15) is 50.5 Å². The number of carbonyl (C=O) groups is 2. The number of unbranched alkanes of at least 4 members (excludes halogenated alkanes) is 2. The van der Waals surface area contributed by atoms with Crippen LogP contribution in [0.5, 0.6) is 0 Å². The molecule has 0 radical (unpaired) electrons. The van der Waals surface area contributed by atoms with Crippen LogP contribution < -0.4 is 5.14 Å². The number of aliphatic carboxylic acids is 1. The summed E-state index contributed by atoms with van der Waals surface area (Å²) >= 11 is 12.6. The van der Waals surface area contributed by atoms with Crippen molar-refractivity contribution < 1.29 is 23.1 Å². The van der Waals surface area contributed by atoms with Crippen LogP contribution >= 0.6 is 23.2 Å². The maximum atomic E-state index is 12.8. The van der Waals surface area contributed by atoms with E-state index in [-0.39, 0.29) is 17.7 Å². The lowest BCUT2D eigenvalue weighted by atomic mass is 9.71. The van der Waals surface area contributed by atoms with Gasteiger partial charge in [-0.2, -0.15) is 12.7 Å². The van der Waals surface area contributed by atoms with Crippen LogP contribution in [-0.4, -0.2) is 109 Å². The maximum absolute atomic E-state index is 12.8. The Balaban J connectivity index is 1.36. The quantitative estimate of drug-likeness (QED) is 0.351. The lowest BCUT2D eigenvalue weighted by Gasteiger charge is -2.49. The van der Waals surface area contributed by atoms with E-state index in [0.29, 0.717) is 68.2 Å². The second-order valence-corrected chi connectivity index (χ2v) is 13.4. The number of benzene rings is 1. The minimum absolute atomic E-state index is 0.145. The van der Waals surface area contributed by atoms with Crippen LogP contribution in [-0.2, 0) is 25.2 Å². The summed E-state index contributed by atoms with van der Waals surface area (Å²) in [6.45, 7) is 6.20. The third-order valence-electron chi connectivity index (χ3n) is 8.51. The highest BCUT2D eigenvalue weighted by atomic mass is 35.5. The number of rotatable bonds is 12. The predicted octanol–water partition coefficient (Wildman–Crippen LogP) is 2.39. The summed E-state index contributed by atoms with van der Waals surface area (Å²) < 4.78 is 24.5. The van der Waals surface area contributed by atoms with Gasteiger partial charge in [-0.3, -0.25) is 14.5 Å². The first kappa shape index (κ1) is 30.5. The molecule has 3 heterocycles. The molecule has 3 fully saturated rings. The van der Waals surface area contributed by atoms with Gasteiger partial charge in [0.05, 0.1) is 10.0 Å². The summed E-state index contributed by atoms with van der Waals surface area (Å²) in [7, 11) is -3.63. The van der Waals surface area contributed by atoms with Crippen molar-refractivity contribution in [3.05, 3.63) is 33.8 Å². The number of piperazine rings is 1. The van der Waals surface area contributed by atoms with Crippen LogP contribution in [0.3, 0.4) is 0 Å². The highest BCUT2D eigenvalue weighted by Crippen LogP contribution is 2.40. The molecule has 4 rings (SSSR count). The number of nitrogens with zero attached hydrogens (tertiary/aromatic N) is 4. The third-order valence-corrected chi connectivity index (χ3v) is 10.3. The molecule has 10 nitrogen and oxygen atoms in total. The largest absolute Gasteiger partial charge is 0.481 e. The number of hydrogen-bond acceptors (Lipinski definition) is 6. The first-order valence-electron chi connectivity index (χ1n) is 13.7. The van der Waals surface area contributed by atoms with E-state index >= 15 is 0 Å². The summed E-state index contributed by atoms with van der Waals surface area (Å²) in [5, 5.41) is 15.2. The molecule has 1 amide bonds. The Bertz CT molecular complexity index is 1140. The molecule has 1 aromatic carbocycles. The molecule has 3 aliphatic rings. The molecule has 218 valence electrons. The van der Waals surface area contributed by atoms with Crippen molar-refractivity contribution in [2.45, 2.75) is 56.4 Å². The molecule has 0 unspecified atom stereocenters. The summed E-state index contributed by atoms with van der Waals surface area (Å²) in [6, 6.07) is 6.20. The molecule has 3 N–H and O–H groups in total. The zero-order valence-electron chi connectivity index (χ0n) is 22.2. The van der Waals surface area contributed by atoms with Gasteiger partial charge < -0.3 is 14.9 Å². The zero-order chi connectivity index (χ0) is 28.2. The standard InChI is InChI=1S/C26H39Cl2N5O5S/c27-22-6-5-20(16-23(22)28)26(8-7-24(34)32(19-26)10-3-1-2-4-25(35)36)9-11-30-17-21(18-30)31-12-14-33(15-13-31)39(29,37)38/h5-6,16,21H,1-4,7-15,17-19H2,(H,35,36)(H2,29,37,38)/t26-/m1/s1. The Morgan fingerprint density at radius 1 is 1.05 bits per heavy atom. The normalized spacial score (nSPS) is 24.2. The number of carbonyl (C=O) groups excluding carboxylic acids is 1. The van der Waals surface area contributed by atoms with E-state index in [0.717, 1.165) is 50.9 Å². The molecule has 0 bridgehead atoms. The summed E-state index contributed by atoms with van der Waals surface area (Å²) in [5.74, 6) is -0.645. The van der Waals surface area contributed by atoms with Gasteiger partial charge in [0.1, 0.15) is 0 Å². The molecule has 0 aromatic heterocycles. The molecule has 3 saturated heterocycles. The van der Waals surface area contributed by atoms with E-state index in [1.807, 2.05) is 23.1 Å². The molecule has 0 saturated carbocycles. The molecular weight excluding hydrogens is 565 g/mol. The summed E-state index contributed by atoms with van der Waals surface area (Å²) in [5.41, 5.74) is 0.853. The number of piperidine rings is 1. The van der Waals surface area contributed by atoms with Crippen LogP contribution in [0.15, 0.2) is 18.2 Å². The zero-order valence-corrected chi connectivity index (χ0v) is 24.6. The van der Waals surface area contributed by atoms with E-state index in [9.17, 15) is 18.0 Å². The van der Waals surface area contributed by atoms with E-state index in [1.54, 1.807) is 0 Å². The highest BCUT2D eigenvalue weighted by molar-refractivity contribution is 7.86. The van der Waals surface area contributed by atoms with Crippen molar-refractivity contribution in [1.29, 1.82) is 0 Å². The number of carboxylic acids is 1. The fraction of sp³-hybridized carbons (Fsp3) is 0.692. The number of nitrogens with two attached hydrogens (primary N) is 1. The fourth-order valence-electron chi connectivity index (χ4n) is 6.06. The Labute approximate surface area is 241 Å². The third kappa shape index (κ3) is 7.84. The van der Waals surface area contributed by atoms with Gasteiger partial charge in [-0.05, 0) is 49.9 Å². The average Bonchev–Trinajstić information content (AvgIpc) is 2.86. The average molecular weight is 605 g/mol. The van der Waals surface area contributed by atoms with Gasteiger partial charge >= 0.3 is 5.97 Å². The minimum atomic E-state index is -3.63.